The van der Waals surface area contributed by atoms with Gasteiger partial charge in [-0.25, -0.2) is 0 Å². The predicted molar refractivity (Wildman–Crippen MR) is 54.7 cm³/mol. The molecule has 0 aliphatic carbocycles. The molecule has 0 aliphatic rings. The van der Waals surface area contributed by atoms with Gasteiger partial charge >= 0.3 is 0 Å². The van der Waals surface area contributed by atoms with E-state index in [9.17, 15) is 10.4 Å². The smallest absolute Gasteiger partial charge is 0.0280 e. The molecule has 0 spiro atoms. The van der Waals surface area contributed by atoms with Crippen molar-refractivity contribution in [3.63, 3.8) is 0 Å². The summed E-state index contributed by atoms with van der Waals surface area (Å²) in [7, 11) is 2.81. The maximum atomic E-state index is 11.0. The Morgan fingerprint density at radius 3 is 1.62 bits per heavy atom. The molecule has 13 heavy (non-hydrogen) atoms. The molecule has 0 heterocycles. The number of anilines is 2. The van der Waals surface area contributed by atoms with Gasteiger partial charge in [-0.3, -0.25) is 0 Å². The largest absolute Gasteiger partial charge is 0.758 e. The number of aryl methyl sites for hydroxylation is 1. The zero-order valence-electron chi connectivity index (χ0n) is 7.94. The molecule has 0 fully saturated rings. The molecule has 72 valence electrons. The third kappa shape index (κ3) is 2.34. The first kappa shape index (κ1) is 9.83. The number of hydroxylamine groups is 2. The standard InChI is InChI=1S/C9H12N2O2/c1-7-4-8(10(2)12)6-9(5-7)11(3)13/h4-6H,1-3H3/q-2. The van der Waals surface area contributed by atoms with E-state index in [2.05, 4.69) is 0 Å². The van der Waals surface area contributed by atoms with Gasteiger partial charge in [-0.05, 0) is 44.8 Å². The Kier molecular flexibility index (Phi) is 2.75. The Morgan fingerprint density at radius 1 is 0.923 bits per heavy atom. The summed E-state index contributed by atoms with van der Waals surface area (Å²) < 4.78 is 0. The van der Waals surface area contributed by atoms with Crippen LogP contribution < -0.4 is 10.1 Å². The molecule has 4 heteroatoms. The molecule has 0 atom stereocenters. The van der Waals surface area contributed by atoms with Crippen molar-refractivity contribution in [1.29, 1.82) is 0 Å². The van der Waals surface area contributed by atoms with Gasteiger partial charge in [0, 0.05) is 11.4 Å². The maximum absolute atomic E-state index is 11.0. The number of hydrogen-bond donors (Lipinski definition) is 0. The average molecular weight is 180 g/mol. The molecule has 1 rings (SSSR count). The van der Waals surface area contributed by atoms with E-state index in [0.29, 0.717) is 11.4 Å². The summed E-state index contributed by atoms with van der Waals surface area (Å²) in [6.45, 7) is 1.85. The van der Waals surface area contributed by atoms with Crippen molar-refractivity contribution in [3.8, 4) is 0 Å². The fourth-order valence-corrected chi connectivity index (χ4v) is 1.11. The average Bonchev–Trinajstić information content (AvgIpc) is 2.03. The van der Waals surface area contributed by atoms with Crippen LogP contribution in [-0.4, -0.2) is 14.1 Å². The fourth-order valence-electron chi connectivity index (χ4n) is 1.11. The van der Waals surface area contributed by atoms with E-state index in [0.717, 1.165) is 15.7 Å². The molecule has 0 aliphatic heterocycles. The van der Waals surface area contributed by atoms with Crippen LogP contribution in [0.5, 0.6) is 0 Å². The topological polar surface area (TPSA) is 52.6 Å². The first-order valence-electron chi connectivity index (χ1n) is 3.94. The van der Waals surface area contributed by atoms with Crippen molar-refractivity contribution in [3.05, 3.63) is 34.2 Å². The van der Waals surface area contributed by atoms with Crippen molar-refractivity contribution in [2.24, 2.45) is 0 Å². The minimum absolute atomic E-state index is 0.498. The zero-order valence-corrected chi connectivity index (χ0v) is 7.94. The third-order valence-electron chi connectivity index (χ3n) is 1.77. The summed E-state index contributed by atoms with van der Waals surface area (Å²) in [5.41, 5.74) is 1.90. The van der Waals surface area contributed by atoms with Crippen molar-refractivity contribution < 1.29 is 0 Å². The van der Waals surface area contributed by atoms with Crippen LogP contribution in [0.3, 0.4) is 0 Å². The van der Waals surface area contributed by atoms with Crippen LogP contribution in [0.4, 0.5) is 11.4 Å². The quantitative estimate of drug-likeness (QED) is 0.652. The van der Waals surface area contributed by atoms with Gasteiger partial charge in [0.25, 0.3) is 0 Å². The highest BCUT2D eigenvalue weighted by molar-refractivity contribution is 5.61. The number of nitrogens with zero attached hydrogens (tertiary/aromatic N) is 2. The summed E-state index contributed by atoms with van der Waals surface area (Å²) in [4.78, 5) is 0. The van der Waals surface area contributed by atoms with Crippen molar-refractivity contribution in [1.82, 2.24) is 0 Å². The van der Waals surface area contributed by atoms with Crippen molar-refractivity contribution in [2.75, 3.05) is 24.2 Å². The summed E-state index contributed by atoms with van der Waals surface area (Å²) >= 11 is 0. The lowest BCUT2D eigenvalue weighted by molar-refractivity contribution is 1.17. The summed E-state index contributed by atoms with van der Waals surface area (Å²) in [5.74, 6) is 0. The second-order valence-electron chi connectivity index (χ2n) is 3.02. The molecule has 1 aromatic carbocycles. The monoisotopic (exact) mass is 180 g/mol. The van der Waals surface area contributed by atoms with E-state index in [4.69, 9.17) is 0 Å². The van der Waals surface area contributed by atoms with E-state index in [1.54, 1.807) is 18.2 Å². The van der Waals surface area contributed by atoms with Gasteiger partial charge in [0.1, 0.15) is 0 Å². The second kappa shape index (κ2) is 3.64. The van der Waals surface area contributed by atoms with E-state index < -0.39 is 0 Å². The van der Waals surface area contributed by atoms with Crippen molar-refractivity contribution in [2.45, 2.75) is 6.92 Å². The Labute approximate surface area is 77.5 Å². The van der Waals surface area contributed by atoms with Crippen LogP contribution >= 0.6 is 0 Å². The predicted octanol–water partition coefficient (Wildman–Crippen LogP) is 1.86. The Balaban J connectivity index is 3.11. The first-order chi connectivity index (χ1) is 6.00. The van der Waals surface area contributed by atoms with Crippen LogP contribution in [0.2, 0.25) is 0 Å². The van der Waals surface area contributed by atoms with Crippen LogP contribution in [-0.2, 0) is 0 Å². The fraction of sp³-hybridized carbons (Fsp3) is 0.333. The van der Waals surface area contributed by atoms with Crippen LogP contribution in [0.1, 0.15) is 5.56 Å². The second-order valence-corrected chi connectivity index (χ2v) is 3.02. The van der Waals surface area contributed by atoms with Crippen molar-refractivity contribution >= 4 is 11.4 Å². The van der Waals surface area contributed by atoms with Gasteiger partial charge in [-0.15, -0.1) is 0 Å². The normalized spacial score (nSPS) is 9.92. The highest BCUT2D eigenvalue weighted by Crippen LogP contribution is 2.22. The van der Waals surface area contributed by atoms with Gasteiger partial charge in [-0.2, -0.15) is 0 Å². The third-order valence-corrected chi connectivity index (χ3v) is 1.77. The van der Waals surface area contributed by atoms with E-state index in [-0.39, 0.29) is 0 Å². The Hall–Kier alpha value is -1.26. The zero-order chi connectivity index (χ0) is 10.0. The van der Waals surface area contributed by atoms with Crippen LogP contribution in [0, 0.1) is 17.3 Å². The Morgan fingerprint density at radius 2 is 1.31 bits per heavy atom. The molecular weight excluding hydrogens is 168 g/mol. The number of benzene rings is 1. The molecular formula is C9H12N2O2-2. The molecule has 0 amide bonds. The lowest BCUT2D eigenvalue weighted by atomic mass is 10.2. The van der Waals surface area contributed by atoms with E-state index in [1.807, 2.05) is 6.92 Å². The first-order valence-corrected chi connectivity index (χ1v) is 3.94. The molecule has 0 bridgehead atoms. The molecule has 0 aromatic heterocycles. The molecule has 4 nitrogen and oxygen atoms in total. The molecule has 0 N–H and O–H groups in total. The highest BCUT2D eigenvalue weighted by atomic mass is 16.5. The molecule has 0 saturated carbocycles. The lowest BCUT2D eigenvalue weighted by Gasteiger charge is -2.30. The van der Waals surface area contributed by atoms with Crippen LogP contribution in [0.15, 0.2) is 18.2 Å². The lowest BCUT2D eigenvalue weighted by Crippen LogP contribution is -2.10. The van der Waals surface area contributed by atoms with Gasteiger partial charge < -0.3 is 20.5 Å². The Bertz CT molecular complexity index is 271. The number of hydrogen-bond acceptors (Lipinski definition) is 4. The highest BCUT2D eigenvalue weighted by Gasteiger charge is 1.97. The minimum Gasteiger partial charge on any atom is -0.758 e. The summed E-state index contributed by atoms with van der Waals surface area (Å²) in [6, 6.07) is 5.03. The SMILES string of the molecule is Cc1cc(N(C)[O-])cc(N(C)[O-])c1. The number of rotatable bonds is 2. The van der Waals surface area contributed by atoms with E-state index in [1.165, 1.54) is 14.1 Å². The van der Waals surface area contributed by atoms with Gasteiger partial charge in [0.05, 0.1) is 0 Å². The summed E-state index contributed by atoms with van der Waals surface area (Å²) in [6.07, 6.45) is 0. The van der Waals surface area contributed by atoms with Gasteiger partial charge in [-0.1, -0.05) is 0 Å². The van der Waals surface area contributed by atoms with E-state index >= 15 is 0 Å². The molecule has 0 saturated heterocycles. The van der Waals surface area contributed by atoms with Gasteiger partial charge in [0.2, 0.25) is 0 Å². The summed E-state index contributed by atoms with van der Waals surface area (Å²) in [5, 5.41) is 23.4. The van der Waals surface area contributed by atoms with Gasteiger partial charge in [0.15, 0.2) is 0 Å². The minimum atomic E-state index is 0.498. The maximum Gasteiger partial charge on any atom is 0.0280 e. The molecule has 0 radical (unpaired) electrons. The molecule has 1 aromatic rings. The van der Waals surface area contributed by atoms with Crippen LogP contribution in [0.25, 0.3) is 0 Å². The molecule has 0 unspecified atom stereocenters.